The Morgan fingerprint density at radius 2 is 1.58 bits per heavy atom. The first-order chi connectivity index (χ1) is 12.6. The average Bonchev–Trinajstić information content (AvgIpc) is 2.70. The molecule has 0 bridgehead atoms. The van der Waals surface area contributed by atoms with Gasteiger partial charge < -0.3 is 14.7 Å². The van der Waals surface area contributed by atoms with Crippen molar-refractivity contribution < 1.29 is 9.18 Å². The molecule has 1 aliphatic rings. The highest BCUT2D eigenvalue weighted by Gasteiger charge is 2.20. The van der Waals surface area contributed by atoms with Crippen LogP contribution in [0.1, 0.15) is 24.3 Å². The minimum atomic E-state index is -0.213. The van der Waals surface area contributed by atoms with E-state index < -0.39 is 0 Å². The molecule has 1 aromatic heterocycles. The molecule has 0 aliphatic carbocycles. The number of pyridine rings is 1. The fourth-order valence-electron chi connectivity index (χ4n) is 3.28. The van der Waals surface area contributed by atoms with Crippen LogP contribution in [0.5, 0.6) is 0 Å². The van der Waals surface area contributed by atoms with Crippen LogP contribution < -0.4 is 9.80 Å². The Bertz CT molecular complexity index is 738. The molecule has 1 fully saturated rings. The quantitative estimate of drug-likeness (QED) is 0.826. The van der Waals surface area contributed by atoms with Gasteiger partial charge in [0.2, 0.25) is 0 Å². The molecular formula is C20H25FN4O. The summed E-state index contributed by atoms with van der Waals surface area (Å²) in [7, 11) is 0. The summed E-state index contributed by atoms with van der Waals surface area (Å²) in [4.78, 5) is 23.1. The number of benzene rings is 1. The molecule has 0 saturated carbocycles. The fourth-order valence-corrected chi connectivity index (χ4v) is 3.28. The van der Waals surface area contributed by atoms with Gasteiger partial charge in [0.05, 0.1) is 0 Å². The van der Waals surface area contributed by atoms with Crippen molar-refractivity contribution in [2.75, 3.05) is 49.1 Å². The first-order valence-corrected chi connectivity index (χ1v) is 9.13. The maximum Gasteiger partial charge on any atom is 0.272 e. The maximum atomic E-state index is 13.1. The van der Waals surface area contributed by atoms with Crippen LogP contribution in [-0.4, -0.2) is 55.1 Å². The van der Waals surface area contributed by atoms with E-state index in [0.29, 0.717) is 18.8 Å². The predicted octanol–water partition coefficient (Wildman–Crippen LogP) is 3.03. The van der Waals surface area contributed by atoms with Gasteiger partial charge in [-0.05, 0) is 50.2 Å². The second kappa shape index (κ2) is 8.17. The first-order valence-electron chi connectivity index (χ1n) is 9.13. The third-order valence-electron chi connectivity index (χ3n) is 4.85. The van der Waals surface area contributed by atoms with Crippen molar-refractivity contribution in [2.24, 2.45) is 0 Å². The summed E-state index contributed by atoms with van der Waals surface area (Å²) in [6.45, 7) is 8.70. The highest BCUT2D eigenvalue weighted by atomic mass is 19.1. The molecule has 5 nitrogen and oxygen atoms in total. The molecule has 1 aromatic carbocycles. The van der Waals surface area contributed by atoms with Gasteiger partial charge in [-0.15, -0.1) is 0 Å². The normalized spacial score (nSPS) is 14.4. The minimum Gasteiger partial charge on any atom is -0.368 e. The van der Waals surface area contributed by atoms with Crippen LogP contribution in [0.25, 0.3) is 0 Å². The average molecular weight is 356 g/mol. The Balaban J connectivity index is 1.67. The highest BCUT2D eigenvalue weighted by Crippen LogP contribution is 2.21. The van der Waals surface area contributed by atoms with Crippen molar-refractivity contribution in [1.82, 2.24) is 9.88 Å². The number of carbonyl (C=O) groups excluding carboxylic acids is 1. The lowest BCUT2D eigenvalue weighted by atomic mass is 10.2. The van der Waals surface area contributed by atoms with E-state index >= 15 is 0 Å². The van der Waals surface area contributed by atoms with Crippen molar-refractivity contribution in [2.45, 2.75) is 13.8 Å². The van der Waals surface area contributed by atoms with Crippen molar-refractivity contribution in [1.29, 1.82) is 0 Å². The van der Waals surface area contributed by atoms with Crippen LogP contribution in [-0.2, 0) is 0 Å². The van der Waals surface area contributed by atoms with Crippen LogP contribution in [0, 0.1) is 5.82 Å². The van der Waals surface area contributed by atoms with Crippen LogP contribution in [0.3, 0.4) is 0 Å². The number of rotatable bonds is 5. The SMILES string of the molecule is CCN(CC)C(=O)c1cc(N2CCN(c3ccc(F)cc3)CC2)ccn1. The zero-order chi connectivity index (χ0) is 18.5. The van der Waals surface area contributed by atoms with Gasteiger partial charge in [0.25, 0.3) is 5.91 Å². The van der Waals surface area contributed by atoms with Crippen LogP contribution in [0.15, 0.2) is 42.6 Å². The van der Waals surface area contributed by atoms with E-state index in [1.807, 2.05) is 38.1 Å². The van der Waals surface area contributed by atoms with E-state index in [0.717, 1.165) is 37.6 Å². The van der Waals surface area contributed by atoms with Gasteiger partial charge in [-0.1, -0.05) is 0 Å². The second-order valence-electron chi connectivity index (χ2n) is 6.33. The zero-order valence-electron chi connectivity index (χ0n) is 15.4. The summed E-state index contributed by atoms with van der Waals surface area (Å²) < 4.78 is 13.1. The fraction of sp³-hybridized carbons (Fsp3) is 0.400. The topological polar surface area (TPSA) is 39.7 Å². The molecule has 3 rings (SSSR count). The van der Waals surface area contributed by atoms with E-state index in [9.17, 15) is 9.18 Å². The standard InChI is InChI=1S/C20H25FN4O/c1-3-23(4-2)20(26)19-15-18(9-10-22-19)25-13-11-24(12-14-25)17-7-5-16(21)6-8-17/h5-10,15H,3-4,11-14H2,1-2H3. The number of aromatic nitrogens is 1. The first kappa shape index (κ1) is 18.2. The lowest BCUT2D eigenvalue weighted by molar-refractivity contribution is 0.0767. The number of hydrogen-bond acceptors (Lipinski definition) is 4. The number of halogens is 1. The Labute approximate surface area is 154 Å². The van der Waals surface area contributed by atoms with Gasteiger partial charge in [-0.2, -0.15) is 0 Å². The Kier molecular flexibility index (Phi) is 5.71. The van der Waals surface area contributed by atoms with Crippen molar-refractivity contribution in [3.8, 4) is 0 Å². The molecule has 2 heterocycles. The molecule has 2 aromatic rings. The van der Waals surface area contributed by atoms with E-state index in [1.165, 1.54) is 12.1 Å². The summed E-state index contributed by atoms with van der Waals surface area (Å²) in [5.74, 6) is -0.239. The Hall–Kier alpha value is -2.63. The third-order valence-corrected chi connectivity index (χ3v) is 4.85. The summed E-state index contributed by atoms with van der Waals surface area (Å²) in [5, 5.41) is 0. The molecule has 0 unspecified atom stereocenters. The Morgan fingerprint density at radius 1 is 1.00 bits per heavy atom. The summed E-state index contributed by atoms with van der Waals surface area (Å²) in [6, 6.07) is 10.5. The highest BCUT2D eigenvalue weighted by molar-refractivity contribution is 5.93. The summed E-state index contributed by atoms with van der Waals surface area (Å²) >= 11 is 0. The minimum absolute atomic E-state index is 0.0261. The molecule has 0 N–H and O–H groups in total. The van der Waals surface area contributed by atoms with Gasteiger partial charge in [0, 0.05) is 56.8 Å². The van der Waals surface area contributed by atoms with Gasteiger partial charge in [-0.3, -0.25) is 9.78 Å². The van der Waals surface area contributed by atoms with Crippen molar-refractivity contribution >= 4 is 17.3 Å². The summed E-state index contributed by atoms with van der Waals surface area (Å²) in [6.07, 6.45) is 1.71. The number of carbonyl (C=O) groups is 1. The zero-order valence-corrected chi connectivity index (χ0v) is 15.4. The van der Waals surface area contributed by atoms with Gasteiger partial charge in [-0.25, -0.2) is 4.39 Å². The molecule has 0 spiro atoms. The lowest BCUT2D eigenvalue weighted by Gasteiger charge is -2.37. The van der Waals surface area contributed by atoms with Crippen LogP contribution >= 0.6 is 0 Å². The van der Waals surface area contributed by atoms with E-state index in [1.54, 1.807) is 11.1 Å². The number of anilines is 2. The van der Waals surface area contributed by atoms with Gasteiger partial charge >= 0.3 is 0 Å². The van der Waals surface area contributed by atoms with Crippen molar-refractivity contribution in [3.05, 3.63) is 54.1 Å². The largest absolute Gasteiger partial charge is 0.368 e. The number of nitrogens with zero attached hydrogens (tertiary/aromatic N) is 4. The number of amides is 1. The van der Waals surface area contributed by atoms with Gasteiger partial charge in [0.1, 0.15) is 11.5 Å². The van der Waals surface area contributed by atoms with Gasteiger partial charge in [0.15, 0.2) is 0 Å². The maximum absolute atomic E-state index is 13.1. The smallest absolute Gasteiger partial charge is 0.272 e. The molecule has 1 saturated heterocycles. The Morgan fingerprint density at radius 3 is 2.15 bits per heavy atom. The van der Waals surface area contributed by atoms with Crippen molar-refractivity contribution in [3.63, 3.8) is 0 Å². The molecule has 1 aliphatic heterocycles. The lowest BCUT2D eigenvalue weighted by Crippen LogP contribution is -2.46. The number of piperazine rings is 1. The molecular weight excluding hydrogens is 331 g/mol. The molecule has 1 amide bonds. The molecule has 0 atom stereocenters. The third kappa shape index (κ3) is 3.95. The molecule has 0 radical (unpaired) electrons. The predicted molar refractivity (Wildman–Crippen MR) is 102 cm³/mol. The summed E-state index contributed by atoms with van der Waals surface area (Å²) in [5.41, 5.74) is 2.56. The second-order valence-corrected chi connectivity index (χ2v) is 6.33. The van der Waals surface area contributed by atoms with Crippen LogP contribution in [0.2, 0.25) is 0 Å². The molecule has 26 heavy (non-hydrogen) atoms. The van der Waals surface area contributed by atoms with E-state index in [-0.39, 0.29) is 11.7 Å². The molecule has 138 valence electrons. The monoisotopic (exact) mass is 356 g/mol. The van der Waals surface area contributed by atoms with E-state index in [2.05, 4.69) is 14.8 Å². The van der Waals surface area contributed by atoms with E-state index in [4.69, 9.17) is 0 Å². The molecule has 6 heteroatoms. The van der Waals surface area contributed by atoms with Crippen LogP contribution in [0.4, 0.5) is 15.8 Å². The number of hydrogen-bond donors (Lipinski definition) is 0.